The summed E-state index contributed by atoms with van der Waals surface area (Å²) in [4.78, 5) is 18.5. The van der Waals surface area contributed by atoms with Gasteiger partial charge >= 0.3 is 0 Å². The maximum Gasteiger partial charge on any atom is 0.255 e. The topological polar surface area (TPSA) is 81.1 Å². The van der Waals surface area contributed by atoms with E-state index in [1.165, 1.54) is 23.4 Å². The number of aromatic nitrogens is 3. The zero-order chi connectivity index (χ0) is 27.5. The number of hydrogen-bond acceptors (Lipinski definition) is 6. The smallest absolute Gasteiger partial charge is 0.255 e. The van der Waals surface area contributed by atoms with Crippen LogP contribution in [-0.2, 0) is 10.5 Å². The van der Waals surface area contributed by atoms with E-state index in [1.54, 1.807) is 36.1 Å². The molecule has 2 heterocycles. The molecule has 1 aromatic heterocycles. The van der Waals surface area contributed by atoms with Crippen LogP contribution in [0.4, 0.5) is 16.0 Å². The Kier molecular flexibility index (Phi) is 7.70. The first kappa shape index (κ1) is 26.5. The second-order valence-corrected chi connectivity index (χ2v) is 10.5. The number of methoxy groups -OCH3 is 1. The van der Waals surface area contributed by atoms with Gasteiger partial charge in [0.25, 0.3) is 5.91 Å². The lowest BCUT2D eigenvalue weighted by molar-refractivity contribution is -0.113. The molecule has 7 nitrogen and oxygen atoms in total. The van der Waals surface area contributed by atoms with Gasteiger partial charge in [0.1, 0.15) is 17.6 Å². The van der Waals surface area contributed by atoms with Crippen molar-refractivity contribution in [3.05, 3.63) is 107 Å². The molecular weight excluding hydrogens is 513 g/mol. The van der Waals surface area contributed by atoms with E-state index >= 15 is 0 Å². The van der Waals surface area contributed by atoms with Gasteiger partial charge in [0.05, 0.1) is 18.4 Å². The molecule has 39 heavy (non-hydrogen) atoms. The summed E-state index contributed by atoms with van der Waals surface area (Å²) < 4.78 is 21.4. The van der Waals surface area contributed by atoms with Gasteiger partial charge in [-0.25, -0.2) is 9.07 Å². The highest BCUT2D eigenvalue weighted by atomic mass is 32.2. The Morgan fingerprint density at radius 1 is 1.10 bits per heavy atom. The number of halogens is 1. The third-order valence-corrected chi connectivity index (χ3v) is 7.55. The normalized spacial score (nSPS) is 14.7. The Bertz CT molecular complexity index is 1530. The van der Waals surface area contributed by atoms with E-state index in [0.717, 1.165) is 5.56 Å². The van der Waals surface area contributed by atoms with Crippen molar-refractivity contribution < 1.29 is 13.9 Å². The number of ether oxygens (including phenoxy) is 1. The molecule has 0 unspecified atom stereocenters. The van der Waals surface area contributed by atoms with Crippen molar-refractivity contribution in [1.29, 1.82) is 0 Å². The molecule has 9 heteroatoms. The number of carbonyl (C=O) groups is 1. The van der Waals surface area contributed by atoms with Gasteiger partial charge in [-0.1, -0.05) is 80.2 Å². The summed E-state index contributed by atoms with van der Waals surface area (Å²) in [7, 11) is 1.57. The predicted octanol–water partition coefficient (Wildman–Crippen LogP) is 6.77. The van der Waals surface area contributed by atoms with E-state index in [9.17, 15) is 9.18 Å². The van der Waals surface area contributed by atoms with Crippen LogP contribution in [0.15, 0.2) is 89.2 Å². The van der Waals surface area contributed by atoms with Crippen LogP contribution in [-0.4, -0.2) is 27.8 Å². The average Bonchev–Trinajstić information content (AvgIpc) is 3.34. The zero-order valence-corrected chi connectivity index (χ0v) is 23.1. The van der Waals surface area contributed by atoms with Crippen LogP contribution < -0.4 is 15.4 Å². The average molecular weight is 544 g/mol. The number of allylic oxidation sites excluding steroid dienone is 1. The minimum Gasteiger partial charge on any atom is -0.495 e. The van der Waals surface area contributed by atoms with Crippen LogP contribution in [0.25, 0.3) is 0 Å². The molecule has 0 radical (unpaired) electrons. The standard InChI is InChI=1S/C30H30FN5O2S/c1-18(2)20-13-15-21(16-14-20)27-26(28(37)33-24-11-7-8-12-25(24)38-4)19(3)32-29-34-30(35-36(27)29)39-17-22-9-5-6-10-23(22)31/h5-16,18,27H,17H2,1-4H3,(H,33,37)(H,32,34,35)/t27-/m1/s1. The second-order valence-electron chi connectivity index (χ2n) is 9.58. The number of hydrogen-bond donors (Lipinski definition) is 2. The summed E-state index contributed by atoms with van der Waals surface area (Å²) in [6, 6.07) is 21.7. The Hall–Kier alpha value is -4.11. The monoisotopic (exact) mass is 543 g/mol. The maximum absolute atomic E-state index is 14.2. The lowest BCUT2D eigenvalue weighted by Gasteiger charge is -2.29. The first-order valence-corrected chi connectivity index (χ1v) is 13.7. The quantitative estimate of drug-likeness (QED) is 0.239. The number of nitrogens with zero attached hydrogens (tertiary/aromatic N) is 3. The van der Waals surface area contributed by atoms with Gasteiger partial charge in [-0.05, 0) is 47.7 Å². The van der Waals surface area contributed by atoms with Crippen LogP contribution >= 0.6 is 11.8 Å². The number of amides is 1. The van der Waals surface area contributed by atoms with Crippen molar-refractivity contribution in [3.8, 4) is 5.75 Å². The number of nitrogens with one attached hydrogen (secondary N) is 2. The number of fused-ring (bicyclic) bond motifs is 1. The van der Waals surface area contributed by atoms with Gasteiger partial charge in [-0.15, -0.1) is 5.10 Å². The molecular formula is C30H30FN5O2S. The molecule has 1 aliphatic heterocycles. The minimum absolute atomic E-state index is 0.261. The fraction of sp³-hybridized carbons (Fsp3) is 0.233. The third kappa shape index (κ3) is 5.54. The fourth-order valence-corrected chi connectivity index (χ4v) is 5.37. The van der Waals surface area contributed by atoms with E-state index in [0.29, 0.717) is 51.0 Å². The van der Waals surface area contributed by atoms with Gasteiger partial charge in [0.2, 0.25) is 11.1 Å². The summed E-state index contributed by atoms with van der Waals surface area (Å²) in [5.74, 6) is 1.32. The summed E-state index contributed by atoms with van der Waals surface area (Å²) in [5, 5.41) is 11.5. The van der Waals surface area contributed by atoms with E-state index < -0.39 is 6.04 Å². The molecule has 1 amide bonds. The van der Waals surface area contributed by atoms with Crippen molar-refractivity contribution in [1.82, 2.24) is 14.8 Å². The number of para-hydroxylation sites is 2. The second kappa shape index (κ2) is 11.3. The molecule has 0 saturated heterocycles. The van der Waals surface area contributed by atoms with Crippen molar-refractivity contribution in [2.75, 3.05) is 17.7 Å². The van der Waals surface area contributed by atoms with Crippen molar-refractivity contribution in [2.45, 2.75) is 43.6 Å². The van der Waals surface area contributed by atoms with Gasteiger partial charge in [0.15, 0.2) is 0 Å². The Morgan fingerprint density at radius 3 is 2.54 bits per heavy atom. The first-order valence-electron chi connectivity index (χ1n) is 12.7. The molecule has 1 aliphatic rings. The molecule has 0 aliphatic carbocycles. The lowest BCUT2D eigenvalue weighted by atomic mass is 9.92. The lowest BCUT2D eigenvalue weighted by Crippen LogP contribution is -2.31. The van der Waals surface area contributed by atoms with Crippen LogP contribution in [0.2, 0.25) is 0 Å². The van der Waals surface area contributed by atoms with E-state index in [-0.39, 0.29) is 11.7 Å². The highest BCUT2D eigenvalue weighted by Crippen LogP contribution is 2.38. The van der Waals surface area contributed by atoms with E-state index in [1.807, 2.05) is 37.3 Å². The molecule has 1 atom stereocenters. The number of carbonyl (C=O) groups excluding carboxylic acids is 1. The number of benzene rings is 3. The Balaban J connectivity index is 1.51. The SMILES string of the molecule is COc1ccccc1NC(=O)C1=C(C)Nc2nc(SCc3ccccc3F)nn2[C@@H]1c1ccc(C(C)C)cc1. The van der Waals surface area contributed by atoms with Crippen LogP contribution in [0, 0.1) is 5.82 Å². The zero-order valence-electron chi connectivity index (χ0n) is 22.2. The van der Waals surface area contributed by atoms with Crippen LogP contribution in [0.3, 0.4) is 0 Å². The summed E-state index contributed by atoms with van der Waals surface area (Å²) in [5.41, 5.74) is 4.45. The number of anilines is 2. The molecule has 4 aromatic rings. The van der Waals surface area contributed by atoms with Gasteiger partial charge in [-0.3, -0.25) is 4.79 Å². The molecule has 2 N–H and O–H groups in total. The number of rotatable bonds is 8. The molecule has 0 spiro atoms. The number of thioether (sulfide) groups is 1. The summed E-state index contributed by atoms with van der Waals surface area (Å²) in [6.45, 7) is 6.14. The van der Waals surface area contributed by atoms with E-state index in [4.69, 9.17) is 9.84 Å². The molecule has 0 saturated carbocycles. The van der Waals surface area contributed by atoms with Crippen molar-refractivity contribution in [3.63, 3.8) is 0 Å². The summed E-state index contributed by atoms with van der Waals surface area (Å²) >= 11 is 1.34. The van der Waals surface area contributed by atoms with Gasteiger partial charge in [0, 0.05) is 11.4 Å². The Labute approximate surface area is 231 Å². The highest BCUT2D eigenvalue weighted by molar-refractivity contribution is 7.98. The predicted molar refractivity (Wildman–Crippen MR) is 153 cm³/mol. The largest absolute Gasteiger partial charge is 0.495 e. The summed E-state index contributed by atoms with van der Waals surface area (Å²) in [6.07, 6.45) is 0. The van der Waals surface area contributed by atoms with E-state index in [2.05, 4.69) is 41.6 Å². The third-order valence-electron chi connectivity index (χ3n) is 6.67. The fourth-order valence-electron chi connectivity index (χ4n) is 4.55. The Morgan fingerprint density at radius 2 is 1.82 bits per heavy atom. The minimum atomic E-state index is -0.521. The van der Waals surface area contributed by atoms with Crippen molar-refractivity contribution >= 4 is 29.3 Å². The van der Waals surface area contributed by atoms with Gasteiger partial charge < -0.3 is 15.4 Å². The molecule has 3 aromatic carbocycles. The maximum atomic E-state index is 14.2. The van der Waals surface area contributed by atoms with Crippen LogP contribution in [0.1, 0.15) is 49.4 Å². The highest BCUT2D eigenvalue weighted by Gasteiger charge is 2.34. The van der Waals surface area contributed by atoms with Crippen LogP contribution in [0.5, 0.6) is 5.75 Å². The first-order chi connectivity index (χ1) is 18.9. The molecule has 0 bridgehead atoms. The van der Waals surface area contributed by atoms with Crippen molar-refractivity contribution in [2.24, 2.45) is 0 Å². The molecule has 200 valence electrons. The molecule has 0 fully saturated rings. The molecule has 5 rings (SSSR count). The van der Waals surface area contributed by atoms with Gasteiger partial charge in [-0.2, -0.15) is 4.98 Å².